The summed E-state index contributed by atoms with van der Waals surface area (Å²) in [6.45, 7) is 5.80. The highest BCUT2D eigenvalue weighted by Gasteiger charge is 2.17. The van der Waals surface area contributed by atoms with E-state index in [4.69, 9.17) is 11.2 Å². The number of hydroxylamine groups is 1. The van der Waals surface area contributed by atoms with Gasteiger partial charge in [0.15, 0.2) is 11.8 Å². The summed E-state index contributed by atoms with van der Waals surface area (Å²) in [6, 6.07) is 7.27. The van der Waals surface area contributed by atoms with Crippen molar-refractivity contribution in [3.8, 4) is 18.1 Å². The largest absolute Gasteiger partial charge is 0.623 e. The van der Waals surface area contributed by atoms with E-state index in [0.29, 0.717) is 5.75 Å². The Morgan fingerprint density at radius 3 is 2.76 bits per heavy atom. The van der Waals surface area contributed by atoms with Crippen LogP contribution < -0.4 is 4.74 Å². The van der Waals surface area contributed by atoms with Crippen molar-refractivity contribution in [2.45, 2.75) is 26.3 Å². The molecule has 0 spiro atoms. The van der Waals surface area contributed by atoms with Crippen LogP contribution >= 0.6 is 0 Å². The maximum atomic E-state index is 11.7. The first-order valence-corrected chi connectivity index (χ1v) is 5.41. The lowest BCUT2D eigenvalue weighted by atomic mass is 10.1. The first-order chi connectivity index (χ1) is 7.93. The molecule has 17 heavy (non-hydrogen) atoms. The van der Waals surface area contributed by atoms with E-state index in [-0.39, 0.29) is 6.61 Å². The number of hydrogen-bond acceptors (Lipinski definition) is 2. The monoisotopic (exact) mass is 231 g/mol. The molecule has 1 rings (SSSR count). The highest BCUT2D eigenvalue weighted by Crippen LogP contribution is 2.13. The van der Waals surface area contributed by atoms with Crippen LogP contribution in [0.25, 0.3) is 0 Å². The first-order valence-electron chi connectivity index (χ1n) is 5.41. The van der Waals surface area contributed by atoms with E-state index in [1.165, 1.54) is 0 Å². The van der Waals surface area contributed by atoms with Crippen LogP contribution in [0.5, 0.6) is 5.75 Å². The number of nitrogens with zero attached hydrogens (tertiary/aromatic N) is 1. The maximum absolute atomic E-state index is 11.7. The van der Waals surface area contributed by atoms with Crippen molar-refractivity contribution in [1.82, 2.24) is 0 Å². The van der Waals surface area contributed by atoms with Gasteiger partial charge in [0.05, 0.1) is 0 Å². The molecule has 0 aliphatic rings. The number of terminal acetylenes is 1. The molecule has 0 unspecified atom stereocenters. The zero-order valence-corrected chi connectivity index (χ0v) is 10.4. The van der Waals surface area contributed by atoms with E-state index in [0.717, 1.165) is 10.3 Å². The molecule has 1 aromatic carbocycles. The van der Waals surface area contributed by atoms with Crippen LogP contribution in [0.2, 0.25) is 0 Å². The molecule has 90 valence electrons. The Morgan fingerprint density at radius 1 is 1.47 bits per heavy atom. The topological polar surface area (TPSA) is 35.3 Å². The molecular weight excluding hydrogens is 214 g/mol. The molecule has 0 aliphatic heterocycles. The van der Waals surface area contributed by atoms with Gasteiger partial charge in [-0.15, -0.1) is 6.42 Å². The summed E-state index contributed by atoms with van der Waals surface area (Å²) in [5.74, 6) is 3.06. The Morgan fingerprint density at radius 2 is 2.18 bits per heavy atom. The van der Waals surface area contributed by atoms with Crippen molar-refractivity contribution in [1.29, 1.82) is 0 Å². The Labute approximate surface area is 102 Å². The lowest BCUT2D eigenvalue weighted by Crippen LogP contribution is -2.29. The third-order valence-corrected chi connectivity index (χ3v) is 2.11. The van der Waals surface area contributed by atoms with Gasteiger partial charge in [-0.2, -0.15) is 0 Å². The zero-order valence-electron chi connectivity index (χ0n) is 10.4. The van der Waals surface area contributed by atoms with Crippen LogP contribution in [-0.2, 0) is 0 Å². The lowest BCUT2D eigenvalue weighted by Gasteiger charge is -2.18. The average molecular weight is 231 g/mol. The third kappa shape index (κ3) is 4.20. The smallest absolute Gasteiger partial charge is 0.182 e. The predicted molar refractivity (Wildman–Crippen MR) is 69.3 cm³/mol. The fourth-order valence-corrected chi connectivity index (χ4v) is 1.14. The van der Waals surface area contributed by atoms with Crippen molar-refractivity contribution in [2.24, 2.45) is 0 Å². The van der Waals surface area contributed by atoms with E-state index in [1.54, 1.807) is 18.3 Å². The van der Waals surface area contributed by atoms with Gasteiger partial charge in [-0.1, -0.05) is 12.0 Å². The Balaban J connectivity index is 2.90. The quantitative estimate of drug-likeness (QED) is 0.263. The van der Waals surface area contributed by atoms with Crippen molar-refractivity contribution in [3.63, 3.8) is 0 Å². The van der Waals surface area contributed by atoms with Crippen LogP contribution in [0.3, 0.4) is 0 Å². The van der Waals surface area contributed by atoms with Gasteiger partial charge < -0.3 is 9.94 Å². The van der Waals surface area contributed by atoms with Crippen LogP contribution in [-0.4, -0.2) is 23.1 Å². The predicted octanol–water partition coefficient (Wildman–Crippen LogP) is 2.43. The molecule has 0 atom stereocenters. The standard InChI is InChI=1S/C14H17NO2/c1-5-9-17-13-8-6-7-12(10-13)11-15(16)14(2,3)4/h1,6-8,10-11H,9H2,2-4H3/b15-11-. The SMILES string of the molecule is C#CCOc1cccc(/C=[N+](\[O-])C(C)(C)C)c1. The summed E-state index contributed by atoms with van der Waals surface area (Å²) in [6.07, 6.45) is 6.66. The summed E-state index contributed by atoms with van der Waals surface area (Å²) >= 11 is 0. The summed E-state index contributed by atoms with van der Waals surface area (Å²) in [7, 11) is 0. The molecule has 0 saturated heterocycles. The van der Waals surface area contributed by atoms with Gasteiger partial charge in [-0.25, -0.2) is 4.74 Å². The van der Waals surface area contributed by atoms with Crippen molar-refractivity contribution < 1.29 is 9.48 Å². The van der Waals surface area contributed by atoms with Crippen LogP contribution in [0.1, 0.15) is 26.3 Å². The summed E-state index contributed by atoms with van der Waals surface area (Å²) in [5, 5.41) is 11.7. The average Bonchev–Trinajstić information content (AvgIpc) is 2.25. The first kappa shape index (κ1) is 13.1. The molecule has 0 radical (unpaired) electrons. The second kappa shape index (κ2) is 5.40. The molecule has 0 fully saturated rings. The minimum Gasteiger partial charge on any atom is -0.623 e. The molecule has 0 aromatic heterocycles. The van der Waals surface area contributed by atoms with Crippen molar-refractivity contribution in [2.75, 3.05) is 6.61 Å². The van der Waals surface area contributed by atoms with Gasteiger partial charge in [0, 0.05) is 26.3 Å². The Hall–Kier alpha value is -1.95. The molecule has 0 bridgehead atoms. The van der Waals surface area contributed by atoms with Crippen molar-refractivity contribution in [3.05, 3.63) is 35.0 Å². The molecule has 0 heterocycles. The highest BCUT2D eigenvalue weighted by molar-refractivity contribution is 5.76. The molecule has 0 aliphatic carbocycles. The Kier molecular flexibility index (Phi) is 4.17. The van der Waals surface area contributed by atoms with Gasteiger partial charge in [-0.05, 0) is 18.2 Å². The second-order valence-electron chi connectivity index (χ2n) is 4.69. The highest BCUT2D eigenvalue weighted by atomic mass is 16.5. The molecule has 3 heteroatoms. The van der Waals surface area contributed by atoms with E-state index >= 15 is 0 Å². The zero-order chi connectivity index (χ0) is 12.9. The summed E-state index contributed by atoms with van der Waals surface area (Å²) in [5.41, 5.74) is 0.347. The van der Waals surface area contributed by atoms with Gasteiger partial charge in [0.25, 0.3) is 0 Å². The molecule has 1 aromatic rings. The molecule has 3 nitrogen and oxygen atoms in total. The number of ether oxygens (including phenoxy) is 1. The minimum atomic E-state index is -0.449. The van der Waals surface area contributed by atoms with Gasteiger partial charge in [0.1, 0.15) is 12.4 Å². The fraction of sp³-hybridized carbons (Fsp3) is 0.357. The molecule has 0 amide bonds. The number of benzene rings is 1. The second-order valence-corrected chi connectivity index (χ2v) is 4.69. The number of hydrogen-bond donors (Lipinski definition) is 0. The fourth-order valence-electron chi connectivity index (χ4n) is 1.14. The van der Waals surface area contributed by atoms with E-state index in [2.05, 4.69) is 5.92 Å². The molecule has 0 N–H and O–H groups in total. The third-order valence-electron chi connectivity index (χ3n) is 2.11. The maximum Gasteiger partial charge on any atom is 0.182 e. The normalized spacial score (nSPS) is 12.0. The minimum absolute atomic E-state index is 0.226. The van der Waals surface area contributed by atoms with Crippen LogP contribution in [0.15, 0.2) is 24.3 Å². The summed E-state index contributed by atoms with van der Waals surface area (Å²) < 4.78 is 6.21. The van der Waals surface area contributed by atoms with E-state index in [9.17, 15) is 5.21 Å². The van der Waals surface area contributed by atoms with Crippen LogP contribution in [0.4, 0.5) is 0 Å². The van der Waals surface area contributed by atoms with Gasteiger partial charge in [-0.3, -0.25) is 0 Å². The van der Waals surface area contributed by atoms with Gasteiger partial charge in [0.2, 0.25) is 0 Å². The van der Waals surface area contributed by atoms with E-state index < -0.39 is 5.54 Å². The number of rotatable bonds is 3. The van der Waals surface area contributed by atoms with Crippen molar-refractivity contribution >= 4 is 6.21 Å². The molecular formula is C14H17NO2. The van der Waals surface area contributed by atoms with Crippen LogP contribution in [0, 0.1) is 17.6 Å². The van der Waals surface area contributed by atoms with E-state index in [1.807, 2.05) is 32.9 Å². The Bertz CT molecular complexity index is 450. The summed E-state index contributed by atoms with van der Waals surface area (Å²) in [4.78, 5) is 0. The van der Waals surface area contributed by atoms with Gasteiger partial charge >= 0.3 is 0 Å². The molecule has 0 saturated carbocycles. The lowest BCUT2D eigenvalue weighted by molar-refractivity contribution is -0.530.